The normalized spacial score (nSPS) is 11.0. The number of hydrogen-bond acceptors (Lipinski definition) is 3. The van der Waals surface area contributed by atoms with Crippen molar-refractivity contribution < 1.29 is 19.8 Å². The highest BCUT2D eigenvalue weighted by Gasteiger charge is 2.15. The van der Waals surface area contributed by atoms with Crippen molar-refractivity contribution in [2.45, 2.75) is 0 Å². The van der Waals surface area contributed by atoms with E-state index in [-0.39, 0.29) is 11.5 Å². The van der Waals surface area contributed by atoms with Crippen molar-refractivity contribution in [1.29, 1.82) is 0 Å². The van der Waals surface area contributed by atoms with Crippen LogP contribution in [0.2, 0.25) is 0 Å². The molecule has 0 aliphatic carbocycles. The number of benzene rings is 2. The number of carbonyl (C=O) groups excluding carboxylic acids is 1. The number of H-pyrrole nitrogens is 2. The van der Waals surface area contributed by atoms with Gasteiger partial charge in [-0.05, 0) is 48.5 Å². The van der Waals surface area contributed by atoms with E-state index >= 15 is 0 Å². The second kappa shape index (κ2) is 5.41. The van der Waals surface area contributed by atoms with Crippen molar-refractivity contribution in [3.05, 3.63) is 59.9 Å². The molecule has 0 fully saturated rings. The molecule has 2 aromatic carbocycles. The highest BCUT2D eigenvalue weighted by Crippen LogP contribution is 2.24. The number of ketones is 1. The highest BCUT2D eigenvalue weighted by molar-refractivity contribution is 6.11. The summed E-state index contributed by atoms with van der Waals surface area (Å²) < 4.78 is 0. The monoisotopic (exact) mass is 335 g/mol. The first-order valence-corrected chi connectivity index (χ1v) is 7.49. The summed E-state index contributed by atoms with van der Waals surface area (Å²) in [5, 5.41) is 22.0. The lowest BCUT2D eigenvalue weighted by molar-refractivity contribution is 0.103. The Labute approximate surface area is 140 Å². The molecule has 0 saturated heterocycles. The molecule has 0 unspecified atom stereocenters. The minimum atomic E-state index is -1.15. The van der Waals surface area contributed by atoms with Gasteiger partial charge in [-0.1, -0.05) is 0 Å². The predicted molar refractivity (Wildman–Crippen MR) is 93.3 cm³/mol. The van der Waals surface area contributed by atoms with Crippen LogP contribution >= 0.6 is 0 Å². The van der Waals surface area contributed by atoms with Crippen LogP contribution in [0.3, 0.4) is 0 Å². The molecule has 25 heavy (non-hydrogen) atoms. The fourth-order valence-corrected chi connectivity index (χ4v) is 2.84. The summed E-state index contributed by atoms with van der Waals surface area (Å²) in [6.07, 6.45) is -1.15. The number of aromatic nitrogens is 2. The number of anilines is 1. The van der Waals surface area contributed by atoms with Gasteiger partial charge in [0.2, 0.25) is 5.78 Å². The molecule has 0 aliphatic heterocycles. The first kappa shape index (κ1) is 14.8. The second-order valence-electron chi connectivity index (χ2n) is 5.70. The number of aromatic amines is 2. The summed E-state index contributed by atoms with van der Waals surface area (Å²) in [5.74, 6) is -0.0887. The van der Waals surface area contributed by atoms with Gasteiger partial charge < -0.3 is 20.2 Å². The minimum Gasteiger partial charge on any atom is -0.508 e. The van der Waals surface area contributed by atoms with Gasteiger partial charge in [-0.25, -0.2) is 4.79 Å². The zero-order valence-corrected chi connectivity index (χ0v) is 12.8. The maximum Gasteiger partial charge on any atom is 0.409 e. The molecular formula is C18H13N3O4. The molecule has 7 heteroatoms. The van der Waals surface area contributed by atoms with Crippen molar-refractivity contribution in [3.63, 3.8) is 0 Å². The second-order valence-corrected chi connectivity index (χ2v) is 5.70. The Morgan fingerprint density at radius 1 is 0.840 bits per heavy atom. The Hall–Kier alpha value is -3.74. The molecule has 0 bridgehead atoms. The molecular weight excluding hydrogens is 322 g/mol. The number of fused-ring (bicyclic) bond motifs is 2. The third-order valence-corrected chi connectivity index (χ3v) is 3.97. The summed E-state index contributed by atoms with van der Waals surface area (Å²) >= 11 is 0. The largest absolute Gasteiger partial charge is 0.508 e. The van der Waals surface area contributed by atoms with E-state index in [4.69, 9.17) is 5.11 Å². The summed E-state index contributed by atoms with van der Waals surface area (Å²) in [4.78, 5) is 29.5. The number of nitrogens with one attached hydrogen (secondary N) is 3. The van der Waals surface area contributed by atoms with Crippen molar-refractivity contribution in [2.75, 3.05) is 5.32 Å². The molecule has 0 radical (unpaired) electrons. The fourth-order valence-electron chi connectivity index (χ4n) is 2.84. The van der Waals surface area contributed by atoms with Gasteiger partial charge in [0.1, 0.15) is 5.75 Å². The molecule has 4 aromatic rings. The summed E-state index contributed by atoms with van der Waals surface area (Å²) in [6, 6.07) is 13.2. The number of phenolic OH excluding ortho intramolecular Hbond substituents is 1. The smallest absolute Gasteiger partial charge is 0.409 e. The van der Waals surface area contributed by atoms with Gasteiger partial charge in [-0.3, -0.25) is 10.1 Å². The van der Waals surface area contributed by atoms with Crippen LogP contribution in [-0.4, -0.2) is 32.1 Å². The average molecular weight is 335 g/mol. The maximum atomic E-state index is 12.7. The van der Waals surface area contributed by atoms with Crippen molar-refractivity contribution in [1.82, 2.24) is 9.97 Å². The van der Waals surface area contributed by atoms with E-state index in [2.05, 4.69) is 15.3 Å². The molecule has 2 heterocycles. The number of amides is 1. The fraction of sp³-hybridized carbons (Fsp3) is 0. The lowest BCUT2D eigenvalue weighted by Gasteiger charge is -1.99. The van der Waals surface area contributed by atoms with E-state index in [0.29, 0.717) is 17.1 Å². The summed E-state index contributed by atoms with van der Waals surface area (Å²) in [6.45, 7) is 0. The predicted octanol–water partition coefficient (Wildman–Crippen LogP) is 3.68. The van der Waals surface area contributed by atoms with E-state index in [9.17, 15) is 14.7 Å². The van der Waals surface area contributed by atoms with Crippen LogP contribution in [0, 0.1) is 0 Å². The highest BCUT2D eigenvalue weighted by atomic mass is 16.4. The van der Waals surface area contributed by atoms with Crippen LogP contribution in [0.15, 0.2) is 48.5 Å². The molecule has 0 atom stereocenters. The number of rotatable bonds is 3. The molecule has 7 nitrogen and oxygen atoms in total. The average Bonchev–Trinajstić information content (AvgIpc) is 3.16. The van der Waals surface area contributed by atoms with E-state index in [1.165, 1.54) is 0 Å². The lowest BCUT2D eigenvalue weighted by atomic mass is 10.2. The van der Waals surface area contributed by atoms with E-state index in [1.807, 2.05) is 0 Å². The molecule has 5 N–H and O–H groups in total. The quantitative estimate of drug-likeness (QED) is 0.367. The first-order valence-electron chi connectivity index (χ1n) is 7.49. The number of carbonyl (C=O) groups is 2. The van der Waals surface area contributed by atoms with Gasteiger partial charge in [0, 0.05) is 27.5 Å². The van der Waals surface area contributed by atoms with Crippen molar-refractivity contribution in [3.8, 4) is 5.75 Å². The molecule has 4 rings (SSSR count). The van der Waals surface area contributed by atoms with E-state index in [1.54, 1.807) is 48.5 Å². The zero-order chi connectivity index (χ0) is 17.6. The number of hydrogen-bond donors (Lipinski definition) is 5. The van der Waals surface area contributed by atoms with Crippen LogP contribution in [0.1, 0.15) is 16.2 Å². The van der Waals surface area contributed by atoms with Crippen molar-refractivity contribution >= 4 is 39.4 Å². The van der Waals surface area contributed by atoms with Gasteiger partial charge in [0.15, 0.2) is 0 Å². The molecule has 0 spiro atoms. The maximum absolute atomic E-state index is 12.7. The number of phenols is 1. The number of carboxylic acid groups (broad SMARTS) is 1. The van der Waals surface area contributed by atoms with E-state index in [0.717, 1.165) is 21.8 Å². The Balaban J connectivity index is 1.72. The SMILES string of the molecule is O=C(O)Nc1ccc2[nH]c(C(=O)c3cc4cc(O)ccc4[nH]3)cc2c1. The van der Waals surface area contributed by atoms with Gasteiger partial charge in [-0.2, -0.15) is 0 Å². The molecule has 0 saturated carbocycles. The Morgan fingerprint density at radius 2 is 1.44 bits per heavy atom. The lowest BCUT2D eigenvalue weighted by Crippen LogP contribution is -2.06. The third kappa shape index (κ3) is 2.67. The Bertz CT molecular complexity index is 1140. The van der Waals surface area contributed by atoms with Gasteiger partial charge in [0.05, 0.1) is 11.4 Å². The van der Waals surface area contributed by atoms with Gasteiger partial charge >= 0.3 is 6.09 Å². The zero-order valence-electron chi connectivity index (χ0n) is 12.8. The van der Waals surface area contributed by atoms with E-state index < -0.39 is 6.09 Å². The van der Waals surface area contributed by atoms with Crippen LogP contribution in [0.25, 0.3) is 21.8 Å². The van der Waals surface area contributed by atoms with Gasteiger partial charge in [0.25, 0.3) is 0 Å². The molecule has 124 valence electrons. The van der Waals surface area contributed by atoms with Gasteiger partial charge in [-0.15, -0.1) is 0 Å². The van der Waals surface area contributed by atoms with Crippen LogP contribution in [0.5, 0.6) is 5.75 Å². The van der Waals surface area contributed by atoms with Crippen molar-refractivity contribution in [2.24, 2.45) is 0 Å². The summed E-state index contributed by atoms with van der Waals surface area (Å²) in [5.41, 5.74) is 2.70. The Kier molecular flexibility index (Phi) is 3.21. The summed E-state index contributed by atoms with van der Waals surface area (Å²) in [7, 11) is 0. The van der Waals surface area contributed by atoms with Crippen LogP contribution in [0.4, 0.5) is 10.5 Å². The van der Waals surface area contributed by atoms with Crippen LogP contribution < -0.4 is 5.32 Å². The molecule has 1 amide bonds. The topological polar surface area (TPSA) is 118 Å². The standard InChI is InChI=1S/C18H13N3O4/c22-12-2-4-14-10(6-12)8-16(21-14)17(23)15-7-9-5-11(19-18(24)25)1-3-13(9)20-15/h1-8,19-22H,(H,24,25). The minimum absolute atomic E-state index is 0.134. The Morgan fingerprint density at radius 3 is 2.08 bits per heavy atom. The number of aromatic hydroxyl groups is 1. The third-order valence-electron chi connectivity index (χ3n) is 3.97. The molecule has 0 aliphatic rings. The first-order chi connectivity index (χ1) is 12.0. The molecule has 2 aromatic heterocycles. The van der Waals surface area contributed by atoms with Crippen LogP contribution in [-0.2, 0) is 0 Å².